The Bertz CT molecular complexity index is 1280. The highest BCUT2D eigenvalue weighted by Gasteiger charge is 2.28. The molecule has 3 rings (SSSR count). The van der Waals surface area contributed by atoms with E-state index in [1.165, 1.54) is 54.6 Å². The van der Waals surface area contributed by atoms with Crippen LogP contribution in [0.15, 0.2) is 70.5 Å². The molecule has 0 aliphatic rings. The molecule has 0 atom stereocenters. The third kappa shape index (κ3) is 5.63. The largest absolute Gasteiger partial charge is 0.508 e. The van der Waals surface area contributed by atoms with Gasteiger partial charge in [0.25, 0.3) is 20.0 Å². The smallest absolute Gasteiger partial charge is 0.262 e. The Morgan fingerprint density at radius 3 is 1.21 bits per heavy atom. The number of sulfonamides is 2. The van der Waals surface area contributed by atoms with Gasteiger partial charge in [0.05, 0.1) is 9.79 Å². The van der Waals surface area contributed by atoms with Gasteiger partial charge < -0.3 is 10.2 Å². The summed E-state index contributed by atoms with van der Waals surface area (Å²) in [5, 5.41) is 18.9. The number of nitrogens with one attached hydrogen (secondary N) is 2. The first kappa shape index (κ1) is 25.4. The van der Waals surface area contributed by atoms with Crippen LogP contribution in [0, 0.1) is 0 Å². The van der Waals surface area contributed by atoms with Crippen molar-refractivity contribution >= 4 is 31.4 Å². The molecule has 0 aromatic heterocycles. The summed E-state index contributed by atoms with van der Waals surface area (Å²) in [5.41, 5.74) is 1.43. The predicted molar refractivity (Wildman–Crippen MR) is 132 cm³/mol. The Morgan fingerprint density at radius 1 is 0.588 bits per heavy atom. The number of hydrogen-bond acceptors (Lipinski definition) is 6. The van der Waals surface area contributed by atoms with E-state index < -0.39 is 20.0 Å². The summed E-state index contributed by atoms with van der Waals surface area (Å²) in [7, 11) is -8.32. The molecule has 4 N–H and O–H groups in total. The normalized spacial score (nSPS) is 12.2. The number of rotatable bonds is 8. The molecule has 3 aromatic carbocycles. The maximum Gasteiger partial charge on any atom is 0.262 e. The molecule has 0 unspecified atom stereocenters. The number of anilines is 2. The maximum atomic E-state index is 13.4. The van der Waals surface area contributed by atoms with Crippen LogP contribution in [0.25, 0.3) is 0 Å². The van der Waals surface area contributed by atoms with E-state index in [0.29, 0.717) is 11.1 Å². The molecular weight excluding hydrogens is 476 g/mol. The minimum Gasteiger partial charge on any atom is -0.508 e. The Morgan fingerprint density at radius 2 is 0.912 bits per heavy atom. The lowest BCUT2D eigenvalue weighted by Crippen LogP contribution is -2.20. The van der Waals surface area contributed by atoms with Gasteiger partial charge in [0.2, 0.25) is 0 Å². The van der Waals surface area contributed by atoms with E-state index >= 15 is 0 Å². The third-order valence-electron chi connectivity index (χ3n) is 5.20. The van der Waals surface area contributed by atoms with E-state index in [1.807, 2.05) is 27.7 Å². The first-order chi connectivity index (χ1) is 15.8. The van der Waals surface area contributed by atoms with Gasteiger partial charge in [0, 0.05) is 11.4 Å². The molecule has 3 aromatic rings. The maximum absolute atomic E-state index is 13.4. The van der Waals surface area contributed by atoms with Gasteiger partial charge in [0.1, 0.15) is 11.5 Å². The minimum absolute atomic E-state index is 0.0132. The van der Waals surface area contributed by atoms with E-state index in [1.54, 1.807) is 6.07 Å². The third-order valence-corrected chi connectivity index (χ3v) is 8.08. The van der Waals surface area contributed by atoms with Crippen molar-refractivity contribution in [1.82, 2.24) is 0 Å². The van der Waals surface area contributed by atoms with Crippen molar-refractivity contribution in [2.24, 2.45) is 0 Å². The fourth-order valence-corrected chi connectivity index (χ4v) is 6.39. The fourth-order valence-electron chi connectivity index (χ4n) is 3.44. The Labute approximate surface area is 200 Å². The highest BCUT2D eigenvalue weighted by molar-refractivity contribution is 7.93. The van der Waals surface area contributed by atoms with Gasteiger partial charge in [-0.3, -0.25) is 9.44 Å². The molecule has 0 fully saturated rings. The monoisotopic (exact) mass is 504 g/mol. The van der Waals surface area contributed by atoms with Gasteiger partial charge in [-0.15, -0.1) is 0 Å². The second-order valence-electron chi connectivity index (χ2n) is 8.54. The van der Waals surface area contributed by atoms with Crippen molar-refractivity contribution in [1.29, 1.82) is 0 Å². The standard InChI is InChI=1S/C24H28N2O6S2/c1-15(2)21-13-22(16(3)4)24(34(31,32)26-18-7-11-20(28)12-8-18)14-23(21)33(29,30)25-17-5-9-19(27)10-6-17/h5-16,25-28H,1-4H3. The summed E-state index contributed by atoms with van der Waals surface area (Å²) in [5.74, 6) is -0.432. The van der Waals surface area contributed by atoms with Crippen LogP contribution in [0.4, 0.5) is 11.4 Å². The zero-order valence-electron chi connectivity index (χ0n) is 19.3. The average molecular weight is 505 g/mol. The molecule has 0 saturated carbocycles. The van der Waals surface area contributed by atoms with Gasteiger partial charge in [-0.05, 0) is 77.6 Å². The number of hydrogen-bond donors (Lipinski definition) is 4. The molecule has 182 valence electrons. The number of benzene rings is 3. The van der Waals surface area contributed by atoms with Crippen LogP contribution in [0.2, 0.25) is 0 Å². The molecule has 0 aliphatic heterocycles. The molecule has 0 heterocycles. The zero-order chi connectivity index (χ0) is 25.3. The highest BCUT2D eigenvalue weighted by Crippen LogP contribution is 2.35. The quantitative estimate of drug-likeness (QED) is 0.321. The van der Waals surface area contributed by atoms with Gasteiger partial charge in [0.15, 0.2) is 0 Å². The van der Waals surface area contributed by atoms with Gasteiger partial charge >= 0.3 is 0 Å². The molecule has 0 amide bonds. The summed E-state index contributed by atoms with van der Waals surface area (Å²) in [6, 6.07) is 13.9. The number of phenolic OH excluding ortho intramolecular Hbond substituents is 2. The molecule has 0 spiro atoms. The van der Waals surface area contributed by atoms with Crippen LogP contribution < -0.4 is 9.44 Å². The van der Waals surface area contributed by atoms with Gasteiger partial charge in [-0.2, -0.15) is 0 Å². The van der Waals surface area contributed by atoms with E-state index in [2.05, 4.69) is 9.44 Å². The molecule has 0 radical (unpaired) electrons. The van der Waals surface area contributed by atoms with Crippen LogP contribution >= 0.6 is 0 Å². The fraction of sp³-hybridized carbons (Fsp3) is 0.250. The Kier molecular flexibility index (Phi) is 7.13. The van der Waals surface area contributed by atoms with Crippen molar-refractivity contribution in [3.8, 4) is 11.5 Å². The molecule has 0 aliphatic carbocycles. The van der Waals surface area contributed by atoms with Crippen LogP contribution in [-0.4, -0.2) is 27.0 Å². The SMILES string of the molecule is CC(C)c1cc(C(C)C)c(S(=O)(=O)Nc2ccc(O)cc2)cc1S(=O)(=O)Nc1ccc(O)cc1. The van der Waals surface area contributed by atoms with E-state index in [4.69, 9.17) is 0 Å². The first-order valence-electron chi connectivity index (χ1n) is 10.6. The molecule has 34 heavy (non-hydrogen) atoms. The van der Waals surface area contributed by atoms with Crippen LogP contribution in [0.1, 0.15) is 50.7 Å². The lowest BCUT2D eigenvalue weighted by molar-refractivity contribution is 0.475. The summed E-state index contributed by atoms with van der Waals surface area (Å²) in [6.07, 6.45) is 0. The molecule has 0 bridgehead atoms. The lowest BCUT2D eigenvalue weighted by atomic mass is 9.95. The second kappa shape index (κ2) is 9.55. The second-order valence-corrected chi connectivity index (χ2v) is 11.8. The zero-order valence-corrected chi connectivity index (χ0v) is 20.9. The molecule has 0 saturated heterocycles. The van der Waals surface area contributed by atoms with Crippen LogP contribution in [0.3, 0.4) is 0 Å². The van der Waals surface area contributed by atoms with E-state index in [-0.39, 0.29) is 44.5 Å². The van der Waals surface area contributed by atoms with Crippen molar-refractivity contribution in [2.75, 3.05) is 9.44 Å². The average Bonchev–Trinajstić information content (AvgIpc) is 2.75. The molecule has 8 nitrogen and oxygen atoms in total. The van der Waals surface area contributed by atoms with Gasteiger partial charge in [-0.25, -0.2) is 16.8 Å². The van der Waals surface area contributed by atoms with Crippen molar-refractivity contribution < 1.29 is 27.0 Å². The lowest BCUT2D eigenvalue weighted by Gasteiger charge is -2.21. The summed E-state index contributed by atoms with van der Waals surface area (Å²) in [6.45, 7) is 7.34. The van der Waals surface area contributed by atoms with Crippen molar-refractivity contribution in [3.63, 3.8) is 0 Å². The highest BCUT2D eigenvalue weighted by atomic mass is 32.2. The van der Waals surface area contributed by atoms with Crippen molar-refractivity contribution in [2.45, 2.75) is 49.3 Å². The van der Waals surface area contributed by atoms with Crippen molar-refractivity contribution in [3.05, 3.63) is 71.8 Å². The summed E-state index contributed by atoms with van der Waals surface area (Å²) >= 11 is 0. The van der Waals surface area contributed by atoms with E-state index in [0.717, 1.165) is 0 Å². The number of phenols is 2. The first-order valence-corrected chi connectivity index (χ1v) is 13.6. The predicted octanol–water partition coefficient (Wildman–Crippen LogP) is 4.95. The van der Waals surface area contributed by atoms with E-state index in [9.17, 15) is 27.0 Å². The van der Waals surface area contributed by atoms with Crippen LogP contribution in [0.5, 0.6) is 11.5 Å². The molecular formula is C24H28N2O6S2. The Hall–Kier alpha value is -3.24. The summed E-state index contributed by atoms with van der Waals surface area (Å²) < 4.78 is 58.3. The number of aromatic hydroxyl groups is 2. The molecule has 10 heteroatoms. The van der Waals surface area contributed by atoms with Crippen LogP contribution in [-0.2, 0) is 20.0 Å². The Balaban J connectivity index is 2.17. The summed E-state index contributed by atoms with van der Waals surface area (Å²) in [4.78, 5) is -0.294. The minimum atomic E-state index is -4.16. The topological polar surface area (TPSA) is 133 Å². The van der Waals surface area contributed by atoms with Gasteiger partial charge in [-0.1, -0.05) is 33.8 Å².